The topological polar surface area (TPSA) is 32.3 Å². The van der Waals surface area contributed by atoms with Crippen molar-refractivity contribution in [2.24, 2.45) is 5.92 Å². The summed E-state index contributed by atoms with van der Waals surface area (Å²) in [4.78, 5) is 15.0. The van der Waals surface area contributed by atoms with Crippen molar-refractivity contribution in [1.82, 2.24) is 10.2 Å². The van der Waals surface area contributed by atoms with Crippen LogP contribution in [0.5, 0.6) is 0 Å². The van der Waals surface area contributed by atoms with Gasteiger partial charge in [-0.05, 0) is 60.3 Å². The highest BCUT2D eigenvalue weighted by Crippen LogP contribution is 2.26. The molecule has 1 N–H and O–H groups in total. The van der Waals surface area contributed by atoms with Crippen LogP contribution in [0.2, 0.25) is 5.02 Å². The van der Waals surface area contributed by atoms with Crippen molar-refractivity contribution in [3.63, 3.8) is 0 Å². The van der Waals surface area contributed by atoms with Gasteiger partial charge in [0.15, 0.2) is 0 Å². The van der Waals surface area contributed by atoms with Crippen LogP contribution in [0.25, 0.3) is 11.1 Å². The highest BCUT2D eigenvalue weighted by atomic mass is 35.5. The van der Waals surface area contributed by atoms with Crippen LogP contribution in [0.3, 0.4) is 0 Å². The predicted molar refractivity (Wildman–Crippen MR) is 123 cm³/mol. The second-order valence-corrected chi connectivity index (χ2v) is 8.62. The van der Waals surface area contributed by atoms with Crippen molar-refractivity contribution in [3.8, 4) is 11.1 Å². The number of nitrogens with one attached hydrogen (secondary N) is 1. The lowest BCUT2D eigenvalue weighted by atomic mass is 9.96. The summed E-state index contributed by atoms with van der Waals surface area (Å²) in [5, 5.41) is 3.66. The zero-order valence-electron chi connectivity index (χ0n) is 17.7. The van der Waals surface area contributed by atoms with Crippen LogP contribution in [0, 0.1) is 17.6 Å². The van der Waals surface area contributed by atoms with Gasteiger partial charge in [-0.15, -0.1) is 0 Å². The van der Waals surface area contributed by atoms with Crippen molar-refractivity contribution >= 4 is 17.5 Å². The quantitative estimate of drug-likeness (QED) is 0.509. The molecule has 0 saturated carbocycles. The number of hydrogen-bond acceptors (Lipinski definition) is 2. The van der Waals surface area contributed by atoms with E-state index in [9.17, 15) is 13.6 Å². The largest absolute Gasteiger partial charge is 0.352 e. The summed E-state index contributed by atoms with van der Waals surface area (Å²) in [6, 6.07) is 18.7. The third kappa shape index (κ3) is 5.53. The molecule has 166 valence electrons. The minimum absolute atomic E-state index is 0.0387. The maximum absolute atomic E-state index is 14.2. The average molecular weight is 455 g/mol. The monoisotopic (exact) mass is 454 g/mol. The number of likely N-dealkylation sites (tertiary alicyclic amines) is 1. The van der Waals surface area contributed by atoms with E-state index in [1.54, 1.807) is 0 Å². The summed E-state index contributed by atoms with van der Waals surface area (Å²) < 4.78 is 27.4. The van der Waals surface area contributed by atoms with E-state index in [0.717, 1.165) is 36.6 Å². The summed E-state index contributed by atoms with van der Waals surface area (Å²) in [5.74, 6) is -1.20. The Labute approximate surface area is 192 Å². The summed E-state index contributed by atoms with van der Waals surface area (Å²) >= 11 is 6.18. The maximum atomic E-state index is 14.2. The van der Waals surface area contributed by atoms with E-state index in [1.807, 2.05) is 48.5 Å². The Kier molecular flexibility index (Phi) is 7.18. The van der Waals surface area contributed by atoms with E-state index in [-0.39, 0.29) is 11.8 Å². The Morgan fingerprint density at radius 2 is 1.91 bits per heavy atom. The van der Waals surface area contributed by atoms with Crippen LogP contribution in [0.4, 0.5) is 8.78 Å². The van der Waals surface area contributed by atoms with Gasteiger partial charge in [0.25, 0.3) is 0 Å². The molecule has 0 aliphatic carbocycles. The summed E-state index contributed by atoms with van der Waals surface area (Å²) in [6.45, 7) is 2.66. The molecule has 1 unspecified atom stereocenters. The van der Waals surface area contributed by atoms with Crippen LogP contribution in [-0.4, -0.2) is 23.9 Å². The lowest BCUT2D eigenvalue weighted by molar-refractivity contribution is -0.126. The summed E-state index contributed by atoms with van der Waals surface area (Å²) in [6.07, 6.45) is 1.79. The van der Waals surface area contributed by atoms with Gasteiger partial charge >= 0.3 is 0 Å². The van der Waals surface area contributed by atoms with Gasteiger partial charge in [0.2, 0.25) is 5.91 Å². The second-order valence-electron chi connectivity index (χ2n) is 8.21. The number of carbonyl (C=O) groups excluding carboxylic acids is 1. The van der Waals surface area contributed by atoms with Crippen molar-refractivity contribution in [2.75, 3.05) is 13.1 Å². The van der Waals surface area contributed by atoms with Gasteiger partial charge in [-0.25, -0.2) is 8.78 Å². The molecule has 1 aliphatic heterocycles. The summed E-state index contributed by atoms with van der Waals surface area (Å²) in [7, 11) is 0. The average Bonchev–Trinajstić information content (AvgIpc) is 2.79. The minimum atomic E-state index is -0.588. The van der Waals surface area contributed by atoms with E-state index in [0.29, 0.717) is 35.8 Å². The molecule has 1 amide bonds. The third-order valence-corrected chi connectivity index (χ3v) is 6.23. The molecule has 1 saturated heterocycles. The van der Waals surface area contributed by atoms with Crippen LogP contribution >= 0.6 is 11.6 Å². The SMILES string of the molecule is O=C(NCc1ccccc1Cl)C1CCCN(Cc2cccc(-c3ccc(F)cc3F)c2)C1. The van der Waals surface area contributed by atoms with Gasteiger partial charge in [0.05, 0.1) is 5.92 Å². The Morgan fingerprint density at radius 3 is 2.72 bits per heavy atom. The van der Waals surface area contributed by atoms with Crippen molar-refractivity contribution in [1.29, 1.82) is 0 Å². The normalized spacial score (nSPS) is 16.7. The van der Waals surface area contributed by atoms with Crippen molar-refractivity contribution in [3.05, 3.63) is 94.5 Å². The fourth-order valence-corrected chi connectivity index (χ4v) is 4.40. The molecule has 4 rings (SSSR count). The molecule has 0 radical (unpaired) electrons. The first kappa shape index (κ1) is 22.4. The summed E-state index contributed by atoms with van der Waals surface area (Å²) in [5.41, 5.74) is 3.03. The Morgan fingerprint density at radius 1 is 1.06 bits per heavy atom. The highest BCUT2D eigenvalue weighted by Gasteiger charge is 2.25. The van der Waals surface area contributed by atoms with Gasteiger partial charge in [-0.1, -0.05) is 48.0 Å². The molecule has 3 nitrogen and oxygen atoms in total. The number of carbonyl (C=O) groups is 1. The molecule has 1 fully saturated rings. The Hall–Kier alpha value is -2.76. The van der Waals surface area contributed by atoms with Crippen LogP contribution in [0.1, 0.15) is 24.0 Å². The zero-order valence-corrected chi connectivity index (χ0v) is 18.4. The number of halogens is 3. The number of benzene rings is 3. The third-order valence-electron chi connectivity index (χ3n) is 5.86. The first-order chi connectivity index (χ1) is 15.5. The first-order valence-corrected chi connectivity index (χ1v) is 11.2. The van der Waals surface area contributed by atoms with E-state index in [2.05, 4.69) is 10.2 Å². The molecule has 0 spiro atoms. The van der Waals surface area contributed by atoms with E-state index < -0.39 is 11.6 Å². The molecule has 3 aromatic rings. The number of amides is 1. The molecular weight excluding hydrogens is 430 g/mol. The van der Waals surface area contributed by atoms with Gasteiger partial charge in [-0.2, -0.15) is 0 Å². The van der Waals surface area contributed by atoms with Crippen molar-refractivity contribution < 1.29 is 13.6 Å². The predicted octanol–water partition coefficient (Wildman–Crippen LogP) is 5.81. The smallest absolute Gasteiger partial charge is 0.224 e. The maximum Gasteiger partial charge on any atom is 0.224 e. The number of rotatable bonds is 6. The van der Waals surface area contributed by atoms with Crippen LogP contribution in [-0.2, 0) is 17.9 Å². The highest BCUT2D eigenvalue weighted by molar-refractivity contribution is 6.31. The minimum Gasteiger partial charge on any atom is -0.352 e. The van der Waals surface area contributed by atoms with Gasteiger partial charge in [-0.3, -0.25) is 9.69 Å². The fourth-order valence-electron chi connectivity index (χ4n) is 4.20. The molecule has 1 atom stereocenters. The van der Waals surface area contributed by atoms with E-state index >= 15 is 0 Å². The fraction of sp³-hybridized carbons (Fsp3) is 0.269. The second kappa shape index (κ2) is 10.2. The Bertz CT molecular complexity index is 1100. The van der Waals surface area contributed by atoms with Crippen LogP contribution in [0.15, 0.2) is 66.7 Å². The number of hydrogen-bond donors (Lipinski definition) is 1. The molecule has 1 heterocycles. The first-order valence-electron chi connectivity index (χ1n) is 10.8. The Balaban J connectivity index is 1.38. The molecule has 6 heteroatoms. The molecule has 3 aromatic carbocycles. The molecule has 1 aliphatic rings. The molecular formula is C26H25ClF2N2O. The van der Waals surface area contributed by atoms with Crippen LogP contribution < -0.4 is 5.32 Å². The zero-order chi connectivity index (χ0) is 22.5. The standard InChI is InChI=1S/C26H25ClF2N2O/c27-24-9-2-1-6-20(24)15-30-26(32)21-8-4-12-31(17-21)16-18-5-3-7-19(13-18)23-11-10-22(28)14-25(23)29/h1-3,5-7,9-11,13-14,21H,4,8,12,15-17H2,(H,30,32). The van der Waals surface area contributed by atoms with Gasteiger partial charge in [0, 0.05) is 36.3 Å². The molecule has 0 aromatic heterocycles. The lowest BCUT2D eigenvalue weighted by Gasteiger charge is -2.32. The molecule has 32 heavy (non-hydrogen) atoms. The van der Waals surface area contributed by atoms with Gasteiger partial charge < -0.3 is 5.32 Å². The van der Waals surface area contributed by atoms with Gasteiger partial charge in [0.1, 0.15) is 11.6 Å². The van der Waals surface area contributed by atoms with E-state index in [4.69, 9.17) is 11.6 Å². The number of nitrogens with zero attached hydrogens (tertiary/aromatic N) is 1. The lowest BCUT2D eigenvalue weighted by Crippen LogP contribution is -2.42. The van der Waals surface area contributed by atoms with Crippen molar-refractivity contribution in [2.45, 2.75) is 25.9 Å². The van der Waals surface area contributed by atoms with E-state index in [1.165, 1.54) is 12.1 Å². The molecule has 0 bridgehead atoms. The number of piperidine rings is 1.